The highest BCUT2D eigenvalue weighted by Gasteiger charge is 2.18. The number of aryl methyl sites for hydroxylation is 1. The van der Waals surface area contributed by atoms with E-state index in [-0.39, 0.29) is 17.9 Å². The Morgan fingerprint density at radius 3 is 2.76 bits per heavy atom. The Labute approximate surface area is 144 Å². The van der Waals surface area contributed by atoms with Crippen molar-refractivity contribution in [2.45, 2.75) is 13.8 Å². The lowest BCUT2D eigenvalue weighted by Crippen LogP contribution is -2.17. The predicted octanol–water partition coefficient (Wildman–Crippen LogP) is 3.37. The van der Waals surface area contributed by atoms with Gasteiger partial charge in [0, 0.05) is 18.5 Å². The van der Waals surface area contributed by atoms with Gasteiger partial charge in [0.05, 0.1) is 23.6 Å². The first kappa shape index (κ1) is 16.6. The highest BCUT2D eigenvalue weighted by Crippen LogP contribution is 2.24. The molecule has 25 heavy (non-hydrogen) atoms. The Bertz CT molecular complexity index is 893. The molecular formula is C18H17FN4O2. The molecule has 0 atom stereocenters. The fourth-order valence-corrected chi connectivity index (χ4v) is 2.43. The molecule has 0 unspecified atom stereocenters. The van der Waals surface area contributed by atoms with E-state index < -0.39 is 11.7 Å². The molecule has 1 amide bonds. The number of para-hydroxylation sites is 1. The number of amides is 1. The van der Waals surface area contributed by atoms with Crippen LogP contribution in [-0.2, 0) is 0 Å². The van der Waals surface area contributed by atoms with E-state index in [2.05, 4.69) is 15.4 Å². The summed E-state index contributed by atoms with van der Waals surface area (Å²) in [7, 11) is 0. The summed E-state index contributed by atoms with van der Waals surface area (Å²) >= 11 is 0. The van der Waals surface area contributed by atoms with Gasteiger partial charge in [-0.25, -0.2) is 9.07 Å². The van der Waals surface area contributed by atoms with Gasteiger partial charge in [0.15, 0.2) is 11.6 Å². The van der Waals surface area contributed by atoms with E-state index in [0.29, 0.717) is 5.82 Å². The van der Waals surface area contributed by atoms with Crippen LogP contribution in [0, 0.1) is 12.7 Å². The zero-order chi connectivity index (χ0) is 17.8. The van der Waals surface area contributed by atoms with Crippen LogP contribution in [0.1, 0.15) is 23.0 Å². The Morgan fingerprint density at radius 2 is 2.04 bits per heavy atom. The average Bonchev–Trinajstić information content (AvgIpc) is 2.98. The Morgan fingerprint density at radius 1 is 1.28 bits per heavy atom. The summed E-state index contributed by atoms with van der Waals surface area (Å²) < 4.78 is 20.8. The van der Waals surface area contributed by atoms with Crippen LogP contribution < -0.4 is 10.1 Å². The number of halogens is 1. The van der Waals surface area contributed by atoms with E-state index >= 15 is 0 Å². The van der Waals surface area contributed by atoms with Gasteiger partial charge in [-0.15, -0.1) is 0 Å². The van der Waals surface area contributed by atoms with E-state index in [0.717, 1.165) is 11.4 Å². The number of hydrogen-bond donors (Lipinski definition) is 1. The number of pyridine rings is 1. The van der Waals surface area contributed by atoms with Gasteiger partial charge in [-0.05, 0) is 38.1 Å². The number of anilines is 1. The standard InChI is InChI=1S/C18H17FN4O2/c1-3-25-17-14(5-4-6-15(17)19)18(24)21-16-11-12(2)22-23(16)13-7-9-20-10-8-13/h4-11H,3H2,1-2H3,(H,21,24). The number of rotatable bonds is 5. The molecule has 1 N–H and O–H groups in total. The monoisotopic (exact) mass is 340 g/mol. The molecule has 0 aliphatic carbocycles. The van der Waals surface area contributed by atoms with Crippen molar-refractivity contribution >= 4 is 11.7 Å². The van der Waals surface area contributed by atoms with Gasteiger partial charge in [-0.1, -0.05) is 6.07 Å². The molecule has 0 bridgehead atoms. The Balaban J connectivity index is 1.94. The lowest BCUT2D eigenvalue weighted by atomic mass is 10.2. The second-order valence-corrected chi connectivity index (χ2v) is 5.29. The quantitative estimate of drug-likeness (QED) is 0.773. The smallest absolute Gasteiger partial charge is 0.260 e. The molecule has 0 spiro atoms. The van der Waals surface area contributed by atoms with E-state index in [1.807, 2.05) is 6.92 Å². The second kappa shape index (κ2) is 7.12. The lowest BCUT2D eigenvalue weighted by Gasteiger charge is -2.12. The minimum Gasteiger partial charge on any atom is -0.490 e. The van der Waals surface area contributed by atoms with Crippen molar-refractivity contribution in [3.63, 3.8) is 0 Å². The van der Waals surface area contributed by atoms with E-state index in [1.165, 1.54) is 18.2 Å². The summed E-state index contributed by atoms with van der Waals surface area (Å²) in [5, 5.41) is 7.14. The molecule has 7 heteroatoms. The van der Waals surface area contributed by atoms with Gasteiger partial charge in [-0.3, -0.25) is 9.78 Å². The van der Waals surface area contributed by atoms with Crippen molar-refractivity contribution in [3.8, 4) is 11.4 Å². The summed E-state index contributed by atoms with van der Waals surface area (Å²) in [6.07, 6.45) is 3.27. The zero-order valence-corrected chi connectivity index (χ0v) is 13.9. The number of aromatic nitrogens is 3. The number of carbonyl (C=O) groups excluding carboxylic acids is 1. The third-order valence-corrected chi connectivity index (χ3v) is 3.48. The zero-order valence-electron chi connectivity index (χ0n) is 13.9. The molecule has 0 aliphatic heterocycles. The maximum atomic E-state index is 14.0. The third kappa shape index (κ3) is 3.50. The van der Waals surface area contributed by atoms with E-state index in [1.54, 1.807) is 42.2 Å². The molecule has 128 valence electrons. The normalized spacial score (nSPS) is 10.5. The van der Waals surface area contributed by atoms with Crippen LogP contribution in [0.3, 0.4) is 0 Å². The molecule has 1 aromatic carbocycles. The Hall–Kier alpha value is -3.22. The van der Waals surface area contributed by atoms with Gasteiger partial charge in [0.2, 0.25) is 0 Å². The number of benzene rings is 1. The highest BCUT2D eigenvalue weighted by atomic mass is 19.1. The third-order valence-electron chi connectivity index (χ3n) is 3.48. The summed E-state index contributed by atoms with van der Waals surface area (Å²) in [5.74, 6) is -0.638. The van der Waals surface area contributed by atoms with Crippen LogP contribution in [0.4, 0.5) is 10.2 Å². The molecule has 3 aromatic rings. The first-order chi connectivity index (χ1) is 12.1. The molecule has 0 aliphatic rings. The van der Waals surface area contributed by atoms with Crippen LogP contribution >= 0.6 is 0 Å². The van der Waals surface area contributed by atoms with Crippen LogP contribution in [0.5, 0.6) is 5.75 Å². The number of carbonyl (C=O) groups is 1. The van der Waals surface area contributed by atoms with E-state index in [9.17, 15) is 9.18 Å². The SMILES string of the molecule is CCOc1c(F)cccc1C(=O)Nc1cc(C)nn1-c1ccncc1. The lowest BCUT2D eigenvalue weighted by molar-refractivity contribution is 0.102. The molecule has 0 radical (unpaired) electrons. The van der Waals surface area contributed by atoms with Crippen LogP contribution in [0.2, 0.25) is 0 Å². The molecule has 3 rings (SSSR count). The van der Waals surface area contributed by atoms with Crippen LogP contribution in [-0.4, -0.2) is 27.3 Å². The number of ether oxygens (including phenoxy) is 1. The van der Waals surface area contributed by atoms with Crippen LogP contribution in [0.25, 0.3) is 5.69 Å². The van der Waals surface area contributed by atoms with Crippen molar-refractivity contribution in [2.24, 2.45) is 0 Å². The first-order valence-corrected chi connectivity index (χ1v) is 7.80. The summed E-state index contributed by atoms with van der Waals surface area (Å²) in [6, 6.07) is 9.53. The number of hydrogen-bond acceptors (Lipinski definition) is 4. The largest absolute Gasteiger partial charge is 0.490 e. The van der Waals surface area contributed by atoms with Crippen molar-refractivity contribution in [3.05, 3.63) is 65.9 Å². The number of nitrogens with one attached hydrogen (secondary N) is 1. The highest BCUT2D eigenvalue weighted by molar-refractivity contribution is 6.06. The fourth-order valence-electron chi connectivity index (χ4n) is 2.43. The molecule has 0 fully saturated rings. The van der Waals surface area contributed by atoms with Crippen molar-refractivity contribution in [1.82, 2.24) is 14.8 Å². The Kier molecular flexibility index (Phi) is 4.74. The first-order valence-electron chi connectivity index (χ1n) is 7.80. The van der Waals surface area contributed by atoms with E-state index in [4.69, 9.17) is 4.74 Å². The minimum absolute atomic E-state index is 0.0609. The fraction of sp³-hybridized carbons (Fsp3) is 0.167. The molecule has 0 saturated carbocycles. The van der Waals surface area contributed by atoms with Crippen molar-refractivity contribution in [2.75, 3.05) is 11.9 Å². The predicted molar refractivity (Wildman–Crippen MR) is 91.6 cm³/mol. The summed E-state index contributed by atoms with van der Waals surface area (Å²) in [5.41, 5.74) is 1.61. The van der Waals surface area contributed by atoms with Gasteiger partial charge < -0.3 is 10.1 Å². The van der Waals surface area contributed by atoms with Gasteiger partial charge in [0.25, 0.3) is 5.91 Å². The topological polar surface area (TPSA) is 69.0 Å². The maximum Gasteiger partial charge on any atom is 0.260 e. The molecular weight excluding hydrogens is 323 g/mol. The maximum absolute atomic E-state index is 14.0. The van der Waals surface area contributed by atoms with Gasteiger partial charge in [0.1, 0.15) is 5.82 Å². The summed E-state index contributed by atoms with van der Waals surface area (Å²) in [4.78, 5) is 16.6. The van der Waals surface area contributed by atoms with Gasteiger partial charge in [-0.2, -0.15) is 5.10 Å². The average molecular weight is 340 g/mol. The second-order valence-electron chi connectivity index (χ2n) is 5.29. The molecule has 6 nitrogen and oxygen atoms in total. The molecule has 0 saturated heterocycles. The van der Waals surface area contributed by atoms with Crippen LogP contribution in [0.15, 0.2) is 48.8 Å². The molecule has 2 heterocycles. The summed E-state index contributed by atoms with van der Waals surface area (Å²) in [6.45, 7) is 3.81. The van der Waals surface area contributed by atoms with Crippen molar-refractivity contribution in [1.29, 1.82) is 0 Å². The minimum atomic E-state index is -0.576. The van der Waals surface area contributed by atoms with Gasteiger partial charge >= 0.3 is 0 Å². The van der Waals surface area contributed by atoms with Crippen molar-refractivity contribution < 1.29 is 13.9 Å². The number of nitrogens with zero attached hydrogens (tertiary/aromatic N) is 3. The molecule has 2 aromatic heterocycles.